The molecular weight excluding hydrogens is 273 g/mol. The van der Waals surface area contributed by atoms with E-state index < -0.39 is 29.6 Å². The second-order valence-electron chi connectivity index (χ2n) is 5.50. The van der Waals surface area contributed by atoms with Crippen molar-refractivity contribution in [1.29, 1.82) is 0 Å². The molecule has 20 heavy (non-hydrogen) atoms. The Balaban J connectivity index is 2.88. The van der Waals surface area contributed by atoms with Gasteiger partial charge in [0, 0.05) is 0 Å². The first-order valence-corrected chi connectivity index (χ1v) is 7.22. The van der Waals surface area contributed by atoms with Crippen molar-refractivity contribution in [2.45, 2.75) is 64.1 Å². The molecule has 0 amide bonds. The van der Waals surface area contributed by atoms with Gasteiger partial charge in [0.05, 0.1) is 12.5 Å². The molecule has 0 radical (unpaired) electrons. The molecule has 3 unspecified atom stereocenters. The van der Waals surface area contributed by atoms with Crippen LogP contribution in [0.15, 0.2) is 0 Å². The normalized spacial score (nSPS) is 26.9. The minimum atomic E-state index is -4.26. The van der Waals surface area contributed by atoms with Gasteiger partial charge >= 0.3 is 12.1 Å². The molecule has 0 aliphatic heterocycles. The largest absolute Gasteiger partial charge is 0.464 e. The van der Waals surface area contributed by atoms with E-state index in [1.165, 1.54) is 0 Å². The fourth-order valence-corrected chi connectivity index (χ4v) is 3.03. The molecule has 1 saturated carbocycles. The van der Waals surface area contributed by atoms with Crippen LogP contribution in [0.3, 0.4) is 0 Å². The van der Waals surface area contributed by atoms with Crippen LogP contribution < -0.4 is 0 Å². The third-order valence-electron chi connectivity index (χ3n) is 4.07. The fourth-order valence-electron chi connectivity index (χ4n) is 3.03. The summed E-state index contributed by atoms with van der Waals surface area (Å²) < 4.78 is 43.4. The van der Waals surface area contributed by atoms with Crippen LogP contribution in [0.4, 0.5) is 13.2 Å². The maximum atomic E-state index is 12.8. The van der Waals surface area contributed by atoms with Crippen LogP contribution in [-0.2, 0) is 9.53 Å². The summed E-state index contributed by atoms with van der Waals surface area (Å²) in [5, 5.41) is 10.6. The monoisotopic (exact) mass is 296 g/mol. The predicted molar refractivity (Wildman–Crippen MR) is 68.0 cm³/mol. The second kappa shape index (κ2) is 6.78. The first-order valence-electron chi connectivity index (χ1n) is 7.22. The van der Waals surface area contributed by atoms with Crippen molar-refractivity contribution in [1.82, 2.24) is 0 Å². The van der Waals surface area contributed by atoms with Gasteiger partial charge in [-0.25, -0.2) is 4.79 Å². The van der Waals surface area contributed by atoms with Crippen molar-refractivity contribution in [2.24, 2.45) is 11.8 Å². The molecule has 0 bridgehead atoms. The first kappa shape index (κ1) is 17.3. The summed E-state index contributed by atoms with van der Waals surface area (Å²) in [6.07, 6.45) is -2.92. The van der Waals surface area contributed by atoms with Gasteiger partial charge in [0.15, 0.2) is 5.60 Å². The van der Waals surface area contributed by atoms with Gasteiger partial charge in [-0.15, -0.1) is 0 Å². The Morgan fingerprint density at radius 1 is 1.25 bits per heavy atom. The van der Waals surface area contributed by atoms with E-state index in [0.29, 0.717) is 19.3 Å². The lowest BCUT2D eigenvalue weighted by atomic mass is 9.71. The van der Waals surface area contributed by atoms with Crippen molar-refractivity contribution < 1.29 is 27.8 Å². The lowest BCUT2D eigenvalue weighted by molar-refractivity contribution is -0.201. The SMILES string of the molecule is CCCC(O)(C(=O)OCC)C1CCCC(C(F)(F)F)C1. The standard InChI is InChI=1S/C14H23F3O3/c1-3-8-13(19,12(18)20-4-2)10-6-5-7-11(9-10)14(15,16)17/h10-11,19H,3-9H2,1-2H3. The molecule has 3 atom stereocenters. The quantitative estimate of drug-likeness (QED) is 0.790. The minimum Gasteiger partial charge on any atom is -0.464 e. The number of hydrogen-bond acceptors (Lipinski definition) is 3. The first-order chi connectivity index (χ1) is 9.25. The molecule has 1 N–H and O–H groups in total. The van der Waals surface area contributed by atoms with E-state index in [1.807, 2.05) is 0 Å². The van der Waals surface area contributed by atoms with Gasteiger partial charge < -0.3 is 9.84 Å². The lowest BCUT2D eigenvalue weighted by Gasteiger charge is -2.39. The zero-order chi connectivity index (χ0) is 15.4. The Morgan fingerprint density at radius 3 is 2.35 bits per heavy atom. The number of aliphatic hydroxyl groups is 1. The van der Waals surface area contributed by atoms with Crippen LogP contribution >= 0.6 is 0 Å². The van der Waals surface area contributed by atoms with E-state index in [9.17, 15) is 23.1 Å². The predicted octanol–water partition coefficient (Wildman–Crippen LogP) is 3.45. The molecule has 0 spiro atoms. The van der Waals surface area contributed by atoms with Crippen molar-refractivity contribution in [3.05, 3.63) is 0 Å². The van der Waals surface area contributed by atoms with Gasteiger partial charge in [-0.2, -0.15) is 13.2 Å². The van der Waals surface area contributed by atoms with Crippen molar-refractivity contribution in [2.75, 3.05) is 6.61 Å². The maximum Gasteiger partial charge on any atom is 0.391 e. The molecule has 0 aromatic rings. The Kier molecular flexibility index (Phi) is 5.86. The Labute approximate surface area is 117 Å². The summed E-state index contributed by atoms with van der Waals surface area (Å²) in [5.74, 6) is -2.89. The smallest absolute Gasteiger partial charge is 0.391 e. The van der Waals surface area contributed by atoms with Crippen molar-refractivity contribution in [3.8, 4) is 0 Å². The molecular formula is C14H23F3O3. The van der Waals surface area contributed by atoms with E-state index >= 15 is 0 Å². The fraction of sp³-hybridized carbons (Fsp3) is 0.929. The molecule has 1 rings (SSSR count). The van der Waals surface area contributed by atoms with Crippen LogP contribution in [0.25, 0.3) is 0 Å². The number of esters is 1. The van der Waals surface area contributed by atoms with Crippen LogP contribution in [0.5, 0.6) is 0 Å². The molecule has 3 nitrogen and oxygen atoms in total. The molecule has 0 aromatic heterocycles. The molecule has 0 heterocycles. The van der Waals surface area contributed by atoms with E-state index in [4.69, 9.17) is 4.74 Å². The molecule has 0 saturated heterocycles. The average Bonchev–Trinajstić information content (AvgIpc) is 2.38. The molecule has 0 aromatic carbocycles. The number of rotatable bonds is 5. The highest BCUT2D eigenvalue weighted by Crippen LogP contribution is 2.44. The average molecular weight is 296 g/mol. The van der Waals surface area contributed by atoms with Crippen LogP contribution in [0, 0.1) is 11.8 Å². The van der Waals surface area contributed by atoms with E-state index in [2.05, 4.69) is 0 Å². The summed E-state index contributed by atoms with van der Waals surface area (Å²) in [5.41, 5.74) is -1.78. The molecule has 1 aliphatic carbocycles. The third kappa shape index (κ3) is 3.87. The summed E-state index contributed by atoms with van der Waals surface area (Å²) in [6, 6.07) is 0. The lowest BCUT2D eigenvalue weighted by Crippen LogP contribution is -2.49. The number of halogens is 3. The Hall–Kier alpha value is -0.780. The molecule has 1 aliphatic rings. The van der Waals surface area contributed by atoms with Gasteiger partial charge in [-0.1, -0.05) is 19.8 Å². The van der Waals surface area contributed by atoms with Gasteiger partial charge in [0.1, 0.15) is 0 Å². The van der Waals surface area contributed by atoms with Crippen molar-refractivity contribution >= 4 is 5.97 Å². The van der Waals surface area contributed by atoms with E-state index in [1.54, 1.807) is 13.8 Å². The third-order valence-corrected chi connectivity index (χ3v) is 4.07. The number of carbonyl (C=O) groups is 1. The van der Waals surface area contributed by atoms with Crippen molar-refractivity contribution in [3.63, 3.8) is 0 Å². The highest BCUT2D eigenvalue weighted by Gasteiger charge is 2.50. The molecule has 118 valence electrons. The van der Waals surface area contributed by atoms with Crippen LogP contribution in [-0.4, -0.2) is 29.5 Å². The number of alkyl halides is 3. The minimum absolute atomic E-state index is 0.0744. The summed E-state index contributed by atoms with van der Waals surface area (Å²) in [7, 11) is 0. The summed E-state index contributed by atoms with van der Waals surface area (Å²) in [6.45, 7) is 3.51. The number of hydrogen-bond donors (Lipinski definition) is 1. The van der Waals surface area contributed by atoms with Gasteiger partial charge in [-0.05, 0) is 38.5 Å². The Bertz CT molecular complexity index is 330. The van der Waals surface area contributed by atoms with Gasteiger partial charge in [0.2, 0.25) is 0 Å². The zero-order valence-electron chi connectivity index (χ0n) is 12.0. The van der Waals surface area contributed by atoms with Gasteiger partial charge in [-0.3, -0.25) is 0 Å². The Morgan fingerprint density at radius 2 is 1.85 bits per heavy atom. The number of carbonyl (C=O) groups excluding carboxylic acids is 1. The van der Waals surface area contributed by atoms with E-state index in [-0.39, 0.29) is 25.9 Å². The summed E-state index contributed by atoms with van der Waals surface area (Å²) >= 11 is 0. The molecule has 6 heteroatoms. The molecule has 1 fully saturated rings. The van der Waals surface area contributed by atoms with E-state index in [0.717, 1.165) is 0 Å². The van der Waals surface area contributed by atoms with Gasteiger partial charge in [0.25, 0.3) is 0 Å². The topological polar surface area (TPSA) is 46.5 Å². The zero-order valence-corrected chi connectivity index (χ0v) is 12.0. The maximum absolute atomic E-state index is 12.8. The van der Waals surface area contributed by atoms with Crippen LogP contribution in [0.1, 0.15) is 52.4 Å². The van der Waals surface area contributed by atoms with Crippen LogP contribution in [0.2, 0.25) is 0 Å². The summed E-state index contributed by atoms with van der Waals surface area (Å²) in [4.78, 5) is 12.0. The highest BCUT2D eigenvalue weighted by molar-refractivity contribution is 5.79. The second-order valence-corrected chi connectivity index (χ2v) is 5.50. The highest BCUT2D eigenvalue weighted by atomic mass is 19.4. The number of ether oxygens (including phenoxy) is 1.